The van der Waals surface area contributed by atoms with Gasteiger partial charge in [0.25, 0.3) is 5.91 Å². The van der Waals surface area contributed by atoms with E-state index in [-0.39, 0.29) is 12.0 Å². The van der Waals surface area contributed by atoms with E-state index in [1.165, 1.54) is 5.56 Å². The minimum absolute atomic E-state index is 0.109. The van der Waals surface area contributed by atoms with Crippen molar-refractivity contribution in [3.63, 3.8) is 0 Å². The van der Waals surface area contributed by atoms with Gasteiger partial charge in [-0.2, -0.15) is 5.10 Å². The number of aryl methyl sites for hydroxylation is 2. The summed E-state index contributed by atoms with van der Waals surface area (Å²) in [6.07, 6.45) is 3.97. The molecule has 1 aromatic heterocycles. The molecule has 5 nitrogen and oxygen atoms in total. The summed E-state index contributed by atoms with van der Waals surface area (Å²) < 4.78 is 7.40. The fraction of sp³-hybridized carbons (Fsp3) is 0.304. The molecule has 1 fully saturated rings. The fourth-order valence-corrected chi connectivity index (χ4v) is 3.64. The number of ether oxygens (including phenoxy) is 1. The Bertz CT molecular complexity index is 973. The van der Waals surface area contributed by atoms with Crippen LogP contribution in [0.5, 0.6) is 0 Å². The summed E-state index contributed by atoms with van der Waals surface area (Å²) in [5.41, 5.74) is 5.47. The maximum Gasteiger partial charge on any atom is 0.255 e. The highest BCUT2D eigenvalue weighted by Crippen LogP contribution is 2.27. The molecule has 2 heterocycles. The van der Waals surface area contributed by atoms with E-state index in [0.717, 1.165) is 36.3 Å². The molecular formula is C23H25N3O2. The average Bonchev–Trinajstić information content (AvgIpc) is 3.37. The topological polar surface area (TPSA) is 56.2 Å². The van der Waals surface area contributed by atoms with Gasteiger partial charge in [0.2, 0.25) is 0 Å². The van der Waals surface area contributed by atoms with Crippen molar-refractivity contribution in [2.75, 3.05) is 13.2 Å². The van der Waals surface area contributed by atoms with E-state index in [9.17, 15) is 4.79 Å². The van der Waals surface area contributed by atoms with E-state index < -0.39 is 0 Å². The average molecular weight is 375 g/mol. The second-order valence-corrected chi connectivity index (χ2v) is 7.33. The monoisotopic (exact) mass is 375 g/mol. The van der Waals surface area contributed by atoms with Crippen LogP contribution in [0.1, 0.15) is 34.3 Å². The van der Waals surface area contributed by atoms with E-state index in [1.54, 1.807) is 4.68 Å². The number of rotatable bonds is 5. The van der Waals surface area contributed by atoms with Crippen molar-refractivity contribution in [1.82, 2.24) is 15.1 Å². The number of carbonyl (C=O) groups is 1. The van der Waals surface area contributed by atoms with E-state index >= 15 is 0 Å². The first-order valence-corrected chi connectivity index (χ1v) is 9.74. The van der Waals surface area contributed by atoms with Crippen molar-refractivity contribution >= 4 is 5.91 Å². The lowest BCUT2D eigenvalue weighted by Crippen LogP contribution is -2.31. The van der Waals surface area contributed by atoms with Crippen LogP contribution in [-0.2, 0) is 4.74 Å². The molecule has 0 unspecified atom stereocenters. The highest BCUT2D eigenvalue weighted by atomic mass is 16.5. The summed E-state index contributed by atoms with van der Waals surface area (Å²) in [4.78, 5) is 13.0. The number of hydrogen-bond acceptors (Lipinski definition) is 3. The summed E-state index contributed by atoms with van der Waals surface area (Å²) in [5, 5.41) is 7.80. The predicted octanol–water partition coefficient (Wildman–Crippen LogP) is 4.06. The van der Waals surface area contributed by atoms with Crippen LogP contribution in [0.25, 0.3) is 16.9 Å². The van der Waals surface area contributed by atoms with Crippen LogP contribution in [0.15, 0.2) is 54.7 Å². The SMILES string of the molecule is Cc1ccc(-c2nn(-c3ccccc3)cc2C(=O)NC[C@H]2CCCO2)c(C)c1. The van der Waals surface area contributed by atoms with Crippen molar-refractivity contribution in [2.24, 2.45) is 0 Å². The number of benzene rings is 2. The maximum atomic E-state index is 13.0. The van der Waals surface area contributed by atoms with Gasteiger partial charge in [-0.15, -0.1) is 0 Å². The van der Waals surface area contributed by atoms with Crippen molar-refractivity contribution < 1.29 is 9.53 Å². The Balaban J connectivity index is 1.70. The maximum absolute atomic E-state index is 13.0. The second kappa shape index (κ2) is 7.98. The molecule has 1 aliphatic heterocycles. The van der Waals surface area contributed by atoms with Crippen molar-refractivity contribution in [3.05, 3.63) is 71.4 Å². The van der Waals surface area contributed by atoms with Crippen LogP contribution >= 0.6 is 0 Å². The summed E-state index contributed by atoms with van der Waals surface area (Å²) in [6.45, 7) is 5.43. The lowest BCUT2D eigenvalue weighted by atomic mass is 10.0. The van der Waals surface area contributed by atoms with Crippen LogP contribution < -0.4 is 5.32 Å². The number of nitrogens with one attached hydrogen (secondary N) is 1. The second-order valence-electron chi connectivity index (χ2n) is 7.33. The molecule has 1 N–H and O–H groups in total. The quantitative estimate of drug-likeness (QED) is 0.731. The Morgan fingerprint density at radius 3 is 2.75 bits per heavy atom. The van der Waals surface area contributed by atoms with Gasteiger partial charge in [0.15, 0.2) is 0 Å². The zero-order valence-corrected chi connectivity index (χ0v) is 16.3. The van der Waals surface area contributed by atoms with Gasteiger partial charge in [0.1, 0.15) is 5.69 Å². The summed E-state index contributed by atoms with van der Waals surface area (Å²) in [5.74, 6) is -0.118. The minimum Gasteiger partial charge on any atom is -0.376 e. The number of aromatic nitrogens is 2. The molecule has 0 spiro atoms. The third-order valence-corrected chi connectivity index (χ3v) is 5.13. The van der Waals surface area contributed by atoms with Gasteiger partial charge >= 0.3 is 0 Å². The Hall–Kier alpha value is -2.92. The minimum atomic E-state index is -0.118. The molecule has 0 radical (unpaired) electrons. The molecule has 5 heteroatoms. The predicted molar refractivity (Wildman–Crippen MR) is 110 cm³/mol. The lowest BCUT2D eigenvalue weighted by Gasteiger charge is -2.11. The summed E-state index contributed by atoms with van der Waals surface area (Å²) in [6, 6.07) is 16.1. The molecule has 0 saturated carbocycles. The zero-order valence-electron chi connectivity index (χ0n) is 16.3. The zero-order chi connectivity index (χ0) is 19.5. The van der Waals surface area contributed by atoms with Gasteiger partial charge in [0, 0.05) is 24.9 Å². The third-order valence-electron chi connectivity index (χ3n) is 5.13. The smallest absolute Gasteiger partial charge is 0.255 e. The standard InChI is InChI=1S/C23H25N3O2/c1-16-10-11-20(17(2)13-16)22-21(23(27)24-14-19-9-6-12-28-19)15-26(25-22)18-7-4-3-5-8-18/h3-5,7-8,10-11,13,15,19H,6,9,12,14H2,1-2H3,(H,24,27)/t19-/m1/s1. The Morgan fingerprint density at radius 2 is 2.04 bits per heavy atom. The number of nitrogens with zero attached hydrogens (tertiary/aromatic N) is 2. The number of carbonyl (C=O) groups excluding carboxylic acids is 1. The van der Waals surface area contributed by atoms with E-state index in [1.807, 2.05) is 42.6 Å². The Kier molecular flexibility index (Phi) is 5.26. The Morgan fingerprint density at radius 1 is 1.21 bits per heavy atom. The van der Waals surface area contributed by atoms with Gasteiger partial charge in [-0.25, -0.2) is 4.68 Å². The van der Waals surface area contributed by atoms with Gasteiger partial charge in [-0.3, -0.25) is 4.79 Å². The van der Waals surface area contributed by atoms with Gasteiger partial charge < -0.3 is 10.1 Å². The highest BCUT2D eigenvalue weighted by molar-refractivity contribution is 6.00. The van der Waals surface area contributed by atoms with E-state index in [2.05, 4.69) is 31.3 Å². The molecular weight excluding hydrogens is 350 g/mol. The lowest BCUT2D eigenvalue weighted by molar-refractivity contribution is 0.0858. The number of amides is 1. The van der Waals surface area contributed by atoms with Crippen molar-refractivity contribution in [3.8, 4) is 16.9 Å². The van der Waals surface area contributed by atoms with Crippen LogP contribution in [-0.4, -0.2) is 34.9 Å². The van der Waals surface area contributed by atoms with Crippen molar-refractivity contribution in [1.29, 1.82) is 0 Å². The molecule has 4 rings (SSSR count). The van der Waals surface area contributed by atoms with E-state index in [0.29, 0.717) is 17.8 Å². The van der Waals surface area contributed by atoms with E-state index in [4.69, 9.17) is 9.84 Å². The van der Waals surface area contributed by atoms with Crippen molar-refractivity contribution in [2.45, 2.75) is 32.8 Å². The van der Waals surface area contributed by atoms with Crippen LogP contribution in [0.2, 0.25) is 0 Å². The molecule has 1 atom stereocenters. The van der Waals surface area contributed by atoms with Crippen LogP contribution in [0.4, 0.5) is 0 Å². The molecule has 1 amide bonds. The first-order chi connectivity index (χ1) is 13.6. The number of para-hydroxylation sites is 1. The first kappa shape index (κ1) is 18.4. The van der Waals surface area contributed by atoms with Gasteiger partial charge in [-0.1, -0.05) is 42.0 Å². The largest absolute Gasteiger partial charge is 0.376 e. The van der Waals surface area contributed by atoms with Gasteiger partial charge in [-0.05, 0) is 44.4 Å². The fourth-order valence-electron chi connectivity index (χ4n) is 3.64. The third kappa shape index (κ3) is 3.85. The molecule has 144 valence electrons. The van der Waals surface area contributed by atoms with Crippen LogP contribution in [0, 0.1) is 13.8 Å². The number of hydrogen-bond donors (Lipinski definition) is 1. The molecule has 1 saturated heterocycles. The van der Waals surface area contributed by atoms with Crippen LogP contribution in [0.3, 0.4) is 0 Å². The normalized spacial score (nSPS) is 16.3. The summed E-state index contributed by atoms with van der Waals surface area (Å²) in [7, 11) is 0. The molecule has 0 aliphatic carbocycles. The summed E-state index contributed by atoms with van der Waals surface area (Å²) >= 11 is 0. The van der Waals surface area contributed by atoms with Gasteiger partial charge in [0.05, 0.1) is 17.4 Å². The Labute approximate surface area is 165 Å². The molecule has 28 heavy (non-hydrogen) atoms. The molecule has 3 aromatic rings. The molecule has 1 aliphatic rings. The molecule has 2 aromatic carbocycles. The molecule has 0 bridgehead atoms. The first-order valence-electron chi connectivity index (χ1n) is 9.74. The highest BCUT2D eigenvalue weighted by Gasteiger charge is 2.22.